The minimum Gasteiger partial charge on any atom is -0.507 e. The molecule has 1 N–H and O–H groups in total. The Kier molecular flexibility index (Phi) is 3.34. The van der Waals surface area contributed by atoms with E-state index in [4.69, 9.17) is 5.11 Å². The summed E-state index contributed by atoms with van der Waals surface area (Å²) in [5.74, 6) is -2.49. The quantitative estimate of drug-likeness (QED) is 0.756. The molecule has 0 bridgehead atoms. The van der Waals surface area contributed by atoms with Crippen LogP contribution in [0, 0.1) is 11.6 Å². The molecule has 2 nitrogen and oxygen atoms in total. The number of allylic oxidation sites excluding steroid dienone is 1. The fraction of sp³-hybridized carbons (Fsp3) is 0.100. The van der Waals surface area contributed by atoms with E-state index in [2.05, 4.69) is 0 Å². The van der Waals surface area contributed by atoms with Crippen LogP contribution in [0.3, 0.4) is 0 Å². The summed E-state index contributed by atoms with van der Waals surface area (Å²) in [6, 6.07) is 1.56. The van der Waals surface area contributed by atoms with Gasteiger partial charge in [0, 0.05) is 18.1 Å². The third kappa shape index (κ3) is 2.39. The van der Waals surface area contributed by atoms with Crippen molar-refractivity contribution in [2.75, 3.05) is 0 Å². The molecule has 14 heavy (non-hydrogen) atoms. The van der Waals surface area contributed by atoms with Gasteiger partial charge in [0.1, 0.15) is 12.0 Å². The molecule has 0 radical (unpaired) electrons. The Balaban J connectivity index is 2.97. The Hall–Kier alpha value is -1.71. The Morgan fingerprint density at radius 2 is 1.93 bits per heavy atom. The fourth-order valence-electron chi connectivity index (χ4n) is 0.936. The lowest BCUT2D eigenvalue weighted by Crippen LogP contribution is -1.85. The predicted molar refractivity (Wildman–Crippen MR) is 47.7 cm³/mol. The van der Waals surface area contributed by atoms with Gasteiger partial charge < -0.3 is 9.90 Å². The molecule has 0 aromatic heterocycles. The maximum absolute atomic E-state index is 12.7. The van der Waals surface area contributed by atoms with Crippen LogP contribution >= 0.6 is 0 Å². The zero-order valence-corrected chi connectivity index (χ0v) is 7.21. The van der Waals surface area contributed by atoms with Crippen LogP contribution in [0.15, 0.2) is 18.2 Å². The lowest BCUT2D eigenvalue weighted by molar-refractivity contribution is -0.107. The number of phenols is 1. The SMILES string of the molecule is O=CCC=Cc1cc(F)c(F)cc1O. The van der Waals surface area contributed by atoms with Crippen molar-refractivity contribution in [3.63, 3.8) is 0 Å². The lowest BCUT2D eigenvalue weighted by Gasteiger charge is -1.99. The van der Waals surface area contributed by atoms with Crippen LogP contribution in [-0.2, 0) is 4.79 Å². The highest BCUT2D eigenvalue weighted by Crippen LogP contribution is 2.22. The zero-order chi connectivity index (χ0) is 10.6. The standard InChI is InChI=1S/C10H8F2O2/c11-8-5-7(3-1-2-4-13)10(14)6-9(8)12/h1,3-6,14H,2H2. The van der Waals surface area contributed by atoms with Crippen molar-refractivity contribution in [1.29, 1.82) is 0 Å². The summed E-state index contributed by atoms with van der Waals surface area (Å²) in [7, 11) is 0. The molecule has 0 atom stereocenters. The van der Waals surface area contributed by atoms with Crippen LogP contribution < -0.4 is 0 Å². The van der Waals surface area contributed by atoms with Gasteiger partial charge in [-0.15, -0.1) is 0 Å². The predicted octanol–water partition coefficient (Wildman–Crippen LogP) is 2.27. The number of hydrogen-bond donors (Lipinski definition) is 1. The number of aromatic hydroxyl groups is 1. The van der Waals surface area contributed by atoms with Crippen LogP contribution in [0.1, 0.15) is 12.0 Å². The molecule has 4 heteroatoms. The van der Waals surface area contributed by atoms with Gasteiger partial charge in [-0.25, -0.2) is 8.78 Å². The number of carbonyl (C=O) groups is 1. The summed E-state index contributed by atoms with van der Waals surface area (Å²) in [6.07, 6.45) is 3.62. The van der Waals surface area contributed by atoms with E-state index in [-0.39, 0.29) is 17.7 Å². The van der Waals surface area contributed by atoms with Crippen molar-refractivity contribution in [2.24, 2.45) is 0 Å². The lowest BCUT2D eigenvalue weighted by atomic mass is 10.1. The largest absolute Gasteiger partial charge is 0.507 e. The summed E-state index contributed by atoms with van der Waals surface area (Å²) in [5.41, 5.74) is 0.144. The monoisotopic (exact) mass is 198 g/mol. The molecule has 1 aromatic rings. The number of halogens is 2. The second kappa shape index (κ2) is 4.50. The topological polar surface area (TPSA) is 37.3 Å². The molecule has 0 saturated carbocycles. The van der Waals surface area contributed by atoms with E-state index in [1.54, 1.807) is 0 Å². The van der Waals surface area contributed by atoms with Crippen molar-refractivity contribution in [3.8, 4) is 5.75 Å². The van der Waals surface area contributed by atoms with E-state index in [1.165, 1.54) is 12.2 Å². The highest BCUT2D eigenvalue weighted by molar-refractivity contribution is 5.61. The molecular weight excluding hydrogens is 190 g/mol. The third-order valence-electron chi connectivity index (χ3n) is 1.60. The molecule has 74 valence electrons. The van der Waals surface area contributed by atoms with E-state index in [1.807, 2.05) is 0 Å². The molecule has 0 amide bonds. The van der Waals surface area contributed by atoms with Crippen LogP contribution in [0.25, 0.3) is 6.08 Å². The Labute approximate surface area is 79.5 Å². The van der Waals surface area contributed by atoms with E-state index in [0.717, 1.165) is 6.07 Å². The summed E-state index contributed by atoms with van der Waals surface area (Å²) in [4.78, 5) is 9.95. The minimum absolute atomic E-state index is 0.144. The van der Waals surface area contributed by atoms with Crippen LogP contribution in [0.2, 0.25) is 0 Å². The number of aldehydes is 1. The molecule has 0 fully saturated rings. The van der Waals surface area contributed by atoms with Crippen molar-refractivity contribution < 1.29 is 18.7 Å². The molecule has 0 saturated heterocycles. The zero-order valence-electron chi connectivity index (χ0n) is 7.21. The highest BCUT2D eigenvalue weighted by atomic mass is 19.2. The summed E-state index contributed by atoms with van der Waals surface area (Å²) in [6.45, 7) is 0. The van der Waals surface area contributed by atoms with Crippen molar-refractivity contribution in [3.05, 3.63) is 35.4 Å². The van der Waals surface area contributed by atoms with Gasteiger partial charge in [-0.2, -0.15) is 0 Å². The van der Waals surface area contributed by atoms with Gasteiger partial charge in [-0.05, 0) is 6.07 Å². The molecule has 1 rings (SSSR count). The highest BCUT2D eigenvalue weighted by Gasteiger charge is 2.06. The maximum Gasteiger partial charge on any atom is 0.162 e. The molecule has 0 spiro atoms. The van der Waals surface area contributed by atoms with Crippen molar-refractivity contribution in [1.82, 2.24) is 0 Å². The first-order valence-electron chi connectivity index (χ1n) is 3.93. The third-order valence-corrected chi connectivity index (χ3v) is 1.60. The molecule has 0 aliphatic rings. The van der Waals surface area contributed by atoms with E-state index in [0.29, 0.717) is 12.4 Å². The molecule has 0 heterocycles. The maximum atomic E-state index is 12.7. The Morgan fingerprint density at radius 1 is 1.29 bits per heavy atom. The average molecular weight is 198 g/mol. The minimum atomic E-state index is -1.10. The number of benzene rings is 1. The second-order valence-corrected chi connectivity index (χ2v) is 2.63. The summed E-state index contributed by atoms with van der Waals surface area (Å²) in [5, 5.41) is 9.17. The van der Waals surface area contributed by atoms with Gasteiger partial charge in [0.05, 0.1) is 0 Å². The number of hydrogen-bond acceptors (Lipinski definition) is 2. The first-order chi connectivity index (χ1) is 6.65. The van der Waals surface area contributed by atoms with Gasteiger partial charge in [0.15, 0.2) is 11.6 Å². The van der Waals surface area contributed by atoms with Crippen LogP contribution in [-0.4, -0.2) is 11.4 Å². The van der Waals surface area contributed by atoms with Gasteiger partial charge in [-0.1, -0.05) is 12.2 Å². The number of carbonyl (C=O) groups excluding carboxylic acids is 1. The molecule has 0 unspecified atom stereocenters. The molecule has 0 aliphatic carbocycles. The first-order valence-corrected chi connectivity index (χ1v) is 3.93. The number of phenolic OH excluding ortho intramolecular Hbond substituents is 1. The van der Waals surface area contributed by atoms with E-state index < -0.39 is 11.6 Å². The van der Waals surface area contributed by atoms with Gasteiger partial charge in [0.2, 0.25) is 0 Å². The van der Waals surface area contributed by atoms with Crippen molar-refractivity contribution in [2.45, 2.75) is 6.42 Å². The average Bonchev–Trinajstić information content (AvgIpc) is 2.14. The van der Waals surface area contributed by atoms with Gasteiger partial charge in [-0.3, -0.25) is 0 Å². The Morgan fingerprint density at radius 3 is 2.57 bits per heavy atom. The summed E-state index contributed by atoms with van der Waals surface area (Å²) < 4.78 is 25.2. The van der Waals surface area contributed by atoms with Crippen LogP contribution in [0.5, 0.6) is 5.75 Å². The van der Waals surface area contributed by atoms with E-state index >= 15 is 0 Å². The molecule has 1 aromatic carbocycles. The smallest absolute Gasteiger partial charge is 0.162 e. The fourth-order valence-corrected chi connectivity index (χ4v) is 0.936. The van der Waals surface area contributed by atoms with Crippen LogP contribution in [0.4, 0.5) is 8.78 Å². The van der Waals surface area contributed by atoms with Crippen molar-refractivity contribution >= 4 is 12.4 Å². The normalized spacial score (nSPS) is 10.7. The van der Waals surface area contributed by atoms with E-state index in [9.17, 15) is 13.6 Å². The number of rotatable bonds is 3. The van der Waals surface area contributed by atoms with Gasteiger partial charge in [0.25, 0.3) is 0 Å². The first kappa shape index (κ1) is 10.4. The summed E-state index contributed by atoms with van der Waals surface area (Å²) >= 11 is 0. The van der Waals surface area contributed by atoms with Gasteiger partial charge >= 0.3 is 0 Å². The molecular formula is C10H8F2O2. The Bertz CT molecular complexity index is 373. The second-order valence-electron chi connectivity index (χ2n) is 2.63. The molecule has 0 aliphatic heterocycles.